The number of nitrogens with one attached hydrogen (secondary N) is 2. The van der Waals surface area contributed by atoms with Gasteiger partial charge in [-0.05, 0) is 62.0 Å². The van der Waals surface area contributed by atoms with Crippen LogP contribution in [0.15, 0.2) is 24.3 Å². The summed E-state index contributed by atoms with van der Waals surface area (Å²) >= 11 is 5.81. The van der Waals surface area contributed by atoms with Crippen LogP contribution in [-0.2, 0) is 4.79 Å². The van der Waals surface area contributed by atoms with Gasteiger partial charge in [0.15, 0.2) is 0 Å². The molecule has 0 aliphatic carbocycles. The van der Waals surface area contributed by atoms with Gasteiger partial charge in [-0.25, -0.2) is 0 Å². The molecular formula is C15H22Cl2N2O. The molecule has 1 aliphatic heterocycles. The molecule has 5 heteroatoms. The van der Waals surface area contributed by atoms with Crippen molar-refractivity contribution in [1.82, 2.24) is 5.32 Å². The summed E-state index contributed by atoms with van der Waals surface area (Å²) in [5, 5.41) is 7.00. The molecule has 112 valence electrons. The maximum atomic E-state index is 12.0. The average Bonchev–Trinajstić information content (AvgIpc) is 2.42. The third kappa shape index (κ3) is 5.31. The first kappa shape index (κ1) is 17.3. The molecule has 1 fully saturated rings. The van der Waals surface area contributed by atoms with Crippen molar-refractivity contribution >= 4 is 35.6 Å². The maximum Gasteiger partial charge on any atom is 0.224 e. The molecule has 1 saturated heterocycles. The highest BCUT2D eigenvalue weighted by Crippen LogP contribution is 2.23. The monoisotopic (exact) mass is 316 g/mol. The van der Waals surface area contributed by atoms with Gasteiger partial charge in [-0.2, -0.15) is 0 Å². The quantitative estimate of drug-likeness (QED) is 0.888. The first-order chi connectivity index (χ1) is 9.15. The van der Waals surface area contributed by atoms with Gasteiger partial charge in [0.2, 0.25) is 5.91 Å². The normalized spacial score (nSPS) is 19.8. The number of halogens is 2. The van der Waals surface area contributed by atoms with Crippen molar-refractivity contribution < 1.29 is 4.79 Å². The second kappa shape index (κ2) is 8.50. The van der Waals surface area contributed by atoms with Crippen molar-refractivity contribution in [2.75, 3.05) is 18.4 Å². The number of carbonyl (C=O) groups is 1. The van der Waals surface area contributed by atoms with Crippen LogP contribution in [0.25, 0.3) is 0 Å². The van der Waals surface area contributed by atoms with Gasteiger partial charge in [-0.15, -0.1) is 12.4 Å². The molecule has 0 radical (unpaired) electrons. The van der Waals surface area contributed by atoms with Crippen molar-refractivity contribution in [3.63, 3.8) is 0 Å². The van der Waals surface area contributed by atoms with Crippen LogP contribution in [-0.4, -0.2) is 19.0 Å². The highest BCUT2D eigenvalue weighted by atomic mass is 35.5. The Balaban J connectivity index is 0.00000200. The molecule has 2 rings (SSSR count). The Kier molecular flexibility index (Phi) is 7.35. The van der Waals surface area contributed by atoms with E-state index >= 15 is 0 Å². The van der Waals surface area contributed by atoms with Crippen molar-refractivity contribution in [3.8, 4) is 0 Å². The predicted octanol–water partition coefficient (Wildman–Crippen LogP) is 3.73. The molecule has 0 bridgehead atoms. The molecule has 2 unspecified atom stereocenters. The van der Waals surface area contributed by atoms with Crippen molar-refractivity contribution in [3.05, 3.63) is 29.3 Å². The first-order valence-electron chi connectivity index (χ1n) is 6.91. The molecule has 1 amide bonds. The fourth-order valence-corrected chi connectivity index (χ4v) is 2.69. The molecule has 2 atom stereocenters. The van der Waals surface area contributed by atoms with Gasteiger partial charge in [-0.3, -0.25) is 4.79 Å². The molecule has 1 aromatic rings. The minimum atomic E-state index is 0. The van der Waals surface area contributed by atoms with E-state index in [9.17, 15) is 4.79 Å². The number of anilines is 1. The standard InChI is InChI=1S/C15H21ClN2O.ClH/c1-11(12-3-2-8-17-10-12)9-15(19)18-14-6-4-13(16)5-7-14;/h4-7,11-12,17H,2-3,8-10H2,1H3,(H,18,19);1H. The van der Waals surface area contributed by atoms with Crippen LogP contribution in [0.4, 0.5) is 5.69 Å². The van der Waals surface area contributed by atoms with E-state index in [0.29, 0.717) is 23.3 Å². The van der Waals surface area contributed by atoms with Gasteiger partial charge in [0.25, 0.3) is 0 Å². The SMILES string of the molecule is CC(CC(=O)Nc1ccc(Cl)cc1)C1CCCNC1.Cl. The van der Waals surface area contributed by atoms with E-state index in [-0.39, 0.29) is 18.3 Å². The van der Waals surface area contributed by atoms with E-state index in [0.717, 1.165) is 18.8 Å². The minimum Gasteiger partial charge on any atom is -0.326 e. The summed E-state index contributed by atoms with van der Waals surface area (Å²) < 4.78 is 0. The number of hydrogen-bond acceptors (Lipinski definition) is 2. The Morgan fingerprint density at radius 2 is 2.15 bits per heavy atom. The van der Waals surface area contributed by atoms with E-state index in [4.69, 9.17) is 11.6 Å². The molecule has 0 aromatic heterocycles. The van der Waals surface area contributed by atoms with Gasteiger partial charge in [0, 0.05) is 17.1 Å². The van der Waals surface area contributed by atoms with Crippen molar-refractivity contribution in [2.24, 2.45) is 11.8 Å². The summed E-state index contributed by atoms with van der Waals surface area (Å²) in [6.45, 7) is 4.31. The topological polar surface area (TPSA) is 41.1 Å². The number of amides is 1. The lowest BCUT2D eigenvalue weighted by molar-refractivity contribution is -0.117. The Morgan fingerprint density at radius 1 is 1.45 bits per heavy atom. The molecule has 0 spiro atoms. The van der Waals surface area contributed by atoms with E-state index in [1.54, 1.807) is 12.1 Å². The third-order valence-electron chi connectivity index (χ3n) is 3.78. The third-order valence-corrected chi connectivity index (χ3v) is 4.03. The van der Waals surface area contributed by atoms with Gasteiger partial charge in [-0.1, -0.05) is 18.5 Å². The van der Waals surface area contributed by atoms with Gasteiger partial charge in [0.1, 0.15) is 0 Å². The van der Waals surface area contributed by atoms with Gasteiger partial charge in [0.05, 0.1) is 0 Å². The van der Waals surface area contributed by atoms with Crippen LogP contribution in [0.1, 0.15) is 26.2 Å². The van der Waals surface area contributed by atoms with Crippen molar-refractivity contribution in [1.29, 1.82) is 0 Å². The number of hydrogen-bond donors (Lipinski definition) is 2. The summed E-state index contributed by atoms with van der Waals surface area (Å²) in [5.41, 5.74) is 0.809. The molecule has 0 saturated carbocycles. The second-order valence-electron chi connectivity index (χ2n) is 5.34. The summed E-state index contributed by atoms with van der Waals surface area (Å²) in [5.74, 6) is 1.12. The van der Waals surface area contributed by atoms with Crippen molar-refractivity contribution in [2.45, 2.75) is 26.2 Å². The van der Waals surface area contributed by atoms with E-state index in [1.165, 1.54) is 12.8 Å². The Hall–Kier alpha value is -0.770. The number of piperidine rings is 1. The fraction of sp³-hybridized carbons (Fsp3) is 0.533. The average molecular weight is 317 g/mol. The van der Waals surface area contributed by atoms with E-state index in [2.05, 4.69) is 17.6 Å². The van der Waals surface area contributed by atoms with Gasteiger partial charge >= 0.3 is 0 Å². The smallest absolute Gasteiger partial charge is 0.224 e. The molecule has 1 aliphatic rings. The lowest BCUT2D eigenvalue weighted by Crippen LogP contribution is -2.34. The van der Waals surface area contributed by atoms with Crippen LogP contribution in [0.5, 0.6) is 0 Å². The fourth-order valence-electron chi connectivity index (χ4n) is 2.57. The van der Waals surface area contributed by atoms with Crippen LogP contribution in [0.3, 0.4) is 0 Å². The number of benzene rings is 1. The van der Waals surface area contributed by atoms with Crippen LogP contribution in [0.2, 0.25) is 5.02 Å². The van der Waals surface area contributed by atoms with Crippen LogP contribution in [0, 0.1) is 11.8 Å². The molecule has 3 nitrogen and oxygen atoms in total. The molecule has 20 heavy (non-hydrogen) atoms. The molecule has 1 aromatic carbocycles. The van der Waals surface area contributed by atoms with Crippen LogP contribution < -0.4 is 10.6 Å². The summed E-state index contributed by atoms with van der Waals surface area (Å²) in [6, 6.07) is 7.22. The predicted molar refractivity (Wildman–Crippen MR) is 86.7 cm³/mol. The summed E-state index contributed by atoms with van der Waals surface area (Å²) in [6.07, 6.45) is 3.02. The Morgan fingerprint density at radius 3 is 2.75 bits per heavy atom. The maximum absolute atomic E-state index is 12.0. The zero-order chi connectivity index (χ0) is 13.7. The zero-order valence-corrected chi connectivity index (χ0v) is 13.3. The second-order valence-corrected chi connectivity index (χ2v) is 5.78. The highest BCUT2D eigenvalue weighted by Gasteiger charge is 2.21. The van der Waals surface area contributed by atoms with E-state index < -0.39 is 0 Å². The number of carbonyl (C=O) groups excluding carboxylic acids is 1. The van der Waals surface area contributed by atoms with E-state index in [1.807, 2.05) is 12.1 Å². The lowest BCUT2D eigenvalue weighted by Gasteiger charge is -2.28. The largest absolute Gasteiger partial charge is 0.326 e. The van der Waals surface area contributed by atoms with Crippen LogP contribution >= 0.6 is 24.0 Å². The molecular weight excluding hydrogens is 295 g/mol. The summed E-state index contributed by atoms with van der Waals surface area (Å²) in [4.78, 5) is 12.0. The highest BCUT2D eigenvalue weighted by molar-refractivity contribution is 6.30. The van der Waals surface area contributed by atoms with Gasteiger partial charge < -0.3 is 10.6 Å². The Labute approximate surface area is 131 Å². The number of rotatable bonds is 4. The molecule has 1 heterocycles. The minimum absolute atomic E-state index is 0. The molecule has 2 N–H and O–H groups in total. The lowest BCUT2D eigenvalue weighted by atomic mass is 9.85. The Bertz CT molecular complexity index is 416. The zero-order valence-electron chi connectivity index (χ0n) is 11.7. The summed E-state index contributed by atoms with van der Waals surface area (Å²) in [7, 11) is 0. The first-order valence-corrected chi connectivity index (χ1v) is 7.29.